The maximum atomic E-state index is 13.8. The minimum Gasteiger partial charge on any atom is -0.496 e. The van der Waals surface area contributed by atoms with E-state index in [-0.39, 0.29) is 5.78 Å². The molecule has 1 aliphatic rings. The lowest BCUT2D eigenvalue weighted by Gasteiger charge is -2.34. The molecule has 5 nitrogen and oxygen atoms in total. The molecule has 31 heavy (non-hydrogen) atoms. The lowest BCUT2D eigenvalue weighted by molar-refractivity contribution is 0.0856. The summed E-state index contributed by atoms with van der Waals surface area (Å²) in [6.07, 6.45) is -0.709. The third-order valence-electron chi connectivity index (χ3n) is 5.52. The second kappa shape index (κ2) is 8.55. The molecular weight excluding hydrogens is 412 g/mol. The molecule has 3 aromatic rings. The van der Waals surface area contributed by atoms with Crippen molar-refractivity contribution in [3.05, 3.63) is 82.9 Å². The van der Waals surface area contributed by atoms with Gasteiger partial charge in [-0.05, 0) is 31.5 Å². The molecule has 6 heteroatoms. The molecule has 0 fully saturated rings. The predicted octanol–water partition coefficient (Wildman–Crippen LogP) is 4.81. The van der Waals surface area contributed by atoms with Crippen molar-refractivity contribution in [3.63, 3.8) is 0 Å². The van der Waals surface area contributed by atoms with Crippen LogP contribution in [0.2, 0.25) is 0 Å². The third kappa shape index (κ3) is 3.72. The van der Waals surface area contributed by atoms with Gasteiger partial charge in [0.05, 0.1) is 25.0 Å². The summed E-state index contributed by atoms with van der Waals surface area (Å²) in [7, 11) is 1.42. The average molecular weight is 437 g/mol. The van der Waals surface area contributed by atoms with Crippen LogP contribution in [-0.2, 0) is 10.8 Å². The highest BCUT2D eigenvalue weighted by atomic mass is 32.2. The molecule has 3 atom stereocenters. The van der Waals surface area contributed by atoms with Crippen molar-refractivity contribution >= 4 is 16.6 Å². The fourth-order valence-corrected chi connectivity index (χ4v) is 5.29. The number of rotatable bonds is 5. The van der Waals surface area contributed by atoms with Gasteiger partial charge < -0.3 is 14.2 Å². The van der Waals surface area contributed by atoms with E-state index >= 15 is 0 Å². The zero-order chi connectivity index (χ0) is 22.1. The third-order valence-corrected chi connectivity index (χ3v) is 7.18. The van der Waals surface area contributed by atoms with Crippen LogP contribution in [0.25, 0.3) is 0 Å². The zero-order valence-corrected chi connectivity index (χ0v) is 18.7. The summed E-state index contributed by atoms with van der Waals surface area (Å²) in [5.74, 6) is 1.05. The Morgan fingerprint density at radius 3 is 2.16 bits per heavy atom. The van der Waals surface area contributed by atoms with Crippen LogP contribution in [0, 0.1) is 13.8 Å². The highest BCUT2D eigenvalue weighted by Gasteiger charge is 2.45. The highest BCUT2D eigenvalue weighted by molar-refractivity contribution is 7.86. The number of hydrogen-bond acceptors (Lipinski definition) is 5. The average Bonchev–Trinajstić information content (AvgIpc) is 2.80. The largest absolute Gasteiger partial charge is 0.496 e. The molecule has 0 aliphatic carbocycles. The van der Waals surface area contributed by atoms with Crippen LogP contribution in [0.5, 0.6) is 17.2 Å². The first-order valence-electron chi connectivity index (χ1n) is 9.95. The van der Waals surface area contributed by atoms with Gasteiger partial charge in [0.1, 0.15) is 34.2 Å². The van der Waals surface area contributed by atoms with Gasteiger partial charge in [-0.25, -0.2) is 0 Å². The summed E-state index contributed by atoms with van der Waals surface area (Å²) in [5.41, 5.74) is 2.85. The molecule has 0 bridgehead atoms. The summed E-state index contributed by atoms with van der Waals surface area (Å²) >= 11 is 0. The van der Waals surface area contributed by atoms with E-state index in [4.69, 9.17) is 14.2 Å². The molecule has 3 unspecified atom stereocenters. The fourth-order valence-electron chi connectivity index (χ4n) is 3.85. The Labute approximate surface area is 184 Å². The Hall–Kier alpha value is -3.12. The summed E-state index contributed by atoms with van der Waals surface area (Å²) in [4.78, 5) is 14.4. The molecular formula is C25H24O5S. The summed E-state index contributed by atoms with van der Waals surface area (Å²) in [6.45, 7) is 3.80. The lowest BCUT2D eigenvalue weighted by Crippen LogP contribution is -2.40. The molecule has 0 N–H and O–H groups in total. The van der Waals surface area contributed by atoms with Gasteiger partial charge in [0.25, 0.3) is 0 Å². The first-order valence-corrected chi connectivity index (χ1v) is 11.2. The maximum Gasteiger partial charge on any atom is 0.190 e. The van der Waals surface area contributed by atoms with Crippen LogP contribution >= 0.6 is 0 Å². The van der Waals surface area contributed by atoms with Crippen LogP contribution in [0.4, 0.5) is 0 Å². The van der Waals surface area contributed by atoms with Gasteiger partial charge in [0.15, 0.2) is 5.78 Å². The van der Waals surface area contributed by atoms with Crippen molar-refractivity contribution in [1.82, 2.24) is 0 Å². The van der Waals surface area contributed by atoms with Gasteiger partial charge >= 0.3 is 0 Å². The van der Waals surface area contributed by atoms with Crippen molar-refractivity contribution < 1.29 is 23.2 Å². The maximum absolute atomic E-state index is 13.8. The van der Waals surface area contributed by atoms with E-state index in [1.54, 1.807) is 25.3 Å². The van der Waals surface area contributed by atoms with E-state index < -0.39 is 22.2 Å². The minimum absolute atomic E-state index is 0.267. The molecule has 4 rings (SSSR count). The summed E-state index contributed by atoms with van der Waals surface area (Å²) in [5, 5.41) is -0.917. The predicted molar refractivity (Wildman–Crippen MR) is 120 cm³/mol. The monoisotopic (exact) mass is 436 g/mol. The molecule has 0 aromatic heterocycles. The molecule has 0 saturated heterocycles. The van der Waals surface area contributed by atoms with Crippen LogP contribution in [0.15, 0.2) is 65.6 Å². The zero-order valence-electron chi connectivity index (χ0n) is 17.9. The van der Waals surface area contributed by atoms with Gasteiger partial charge in [-0.1, -0.05) is 48.0 Å². The normalized spacial score (nSPS) is 18.6. The van der Waals surface area contributed by atoms with Gasteiger partial charge in [-0.3, -0.25) is 9.00 Å². The van der Waals surface area contributed by atoms with E-state index in [1.807, 2.05) is 56.3 Å². The number of hydrogen-bond donors (Lipinski definition) is 0. The topological polar surface area (TPSA) is 61.8 Å². The smallest absolute Gasteiger partial charge is 0.190 e. The molecule has 160 valence electrons. The van der Waals surface area contributed by atoms with E-state index in [1.165, 1.54) is 7.11 Å². The van der Waals surface area contributed by atoms with Crippen LogP contribution in [0.1, 0.15) is 33.2 Å². The van der Waals surface area contributed by atoms with Crippen molar-refractivity contribution in [3.8, 4) is 17.2 Å². The highest BCUT2D eigenvalue weighted by Crippen LogP contribution is 2.47. The molecule has 0 saturated carbocycles. The van der Waals surface area contributed by atoms with E-state index in [2.05, 4.69) is 0 Å². The van der Waals surface area contributed by atoms with Crippen LogP contribution < -0.4 is 14.2 Å². The second-order valence-corrected chi connectivity index (χ2v) is 9.03. The van der Waals surface area contributed by atoms with Crippen LogP contribution in [0.3, 0.4) is 0 Å². The first kappa shape index (κ1) is 21.1. The Bertz CT molecular complexity index is 1140. The summed E-state index contributed by atoms with van der Waals surface area (Å²) in [6, 6.07) is 18.5. The quantitative estimate of drug-likeness (QED) is 0.574. The number of methoxy groups -OCH3 is 2. The van der Waals surface area contributed by atoms with E-state index in [0.29, 0.717) is 33.3 Å². The Morgan fingerprint density at radius 1 is 0.903 bits per heavy atom. The number of carbonyl (C=O) groups is 1. The molecule has 1 heterocycles. The lowest BCUT2D eigenvalue weighted by atomic mass is 9.93. The van der Waals surface area contributed by atoms with Crippen molar-refractivity contribution in [2.45, 2.75) is 30.1 Å². The van der Waals surface area contributed by atoms with Crippen molar-refractivity contribution in [1.29, 1.82) is 0 Å². The van der Waals surface area contributed by atoms with Gasteiger partial charge in [0, 0.05) is 16.5 Å². The number of ketones is 1. The van der Waals surface area contributed by atoms with Crippen molar-refractivity contribution in [2.24, 2.45) is 0 Å². The standard InChI is InChI=1S/C25H24O5S/c1-15-10-12-18(13-11-15)31(27)25-22(26)21-20(29-4)14-19(28-3)16(2)23(21)30-24(25)17-8-6-5-7-9-17/h5-14,24-25H,1-4H3. The molecule has 3 aromatic carbocycles. The minimum atomic E-state index is -1.63. The molecule has 1 aliphatic heterocycles. The van der Waals surface area contributed by atoms with Crippen LogP contribution in [-0.4, -0.2) is 29.5 Å². The Kier molecular flexibility index (Phi) is 5.83. The van der Waals surface area contributed by atoms with Gasteiger partial charge in [-0.2, -0.15) is 0 Å². The SMILES string of the molecule is COc1cc(OC)c2c(c1C)OC(c1ccccc1)C(S(=O)c1ccc(C)cc1)C2=O. The first-order chi connectivity index (χ1) is 15.0. The van der Waals surface area contributed by atoms with E-state index in [9.17, 15) is 9.00 Å². The second-order valence-electron chi connectivity index (χ2n) is 7.45. The fraction of sp³-hybridized carbons (Fsp3) is 0.240. The molecule has 0 spiro atoms. The summed E-state index contributed by atoms with van der Waals surface area (Å²) < 4.78 is 31.0. The molecule has 0 amide bonds. The number of Topliss-reactive ketones (excluding diaryl/α,β-unsaturated/α-hetero) is 1. The Morgan fingerprint density at radius 2 is 1.55 bits per heavy atom. The number of ether oxygens (including phenoxy) is 3. The molecule has 0 radical (unpaired) electrons. The number of carbonyl (C=O) groups excluding carboxylic acids is 1. The number of aryl methyl sites for hydroxylation is 1. The van der Waals surface area contributed by atoms with E-state index in [0.717, 1.165) is 11.1 Å². The van der Waals surface area contributed by atoms with Gasteiger partial charge in [0.2, 0.25) is 0 Å². The van der Waals surface area contributed by atoms with Gasteiger partial charge in [-0.15, -0.1) is 0 Å². The van der Waals surface area contributed by atoms with Crippen molar-refractivity contribution in [2.75, 3.05) is 14.2 Å². The Balaban J connectivity index is 1.91. The number of benzene rings is 3. The number of fused-ring (bicyclic) bond motifs is 1.